The maximum absolute atomic E-state index is 10.6. The van der Waals surface area contributed by atoms with E-state index in [1.807, 2.05) is 36.4 Å². The molecule has 9 heavy (non-hydrogen) atoms. The standard InChI is InChI=1S/C5H9INO.Rh/c1-5(2,6)4(8)3-7;/h3H,7H2,1-2H3;/q-1;. The van der Waals surface area contributed by atoms with E-state index in [9.17, 15) is 4.79 Å². The largest absolute Gasteiger partial charge is 0.461 e. The maximum Gasteiger partial charge on any atom is 0.0474 e. The minimum Gasteiger partial charge on any atom is -0.461 e. The fourth-order valence-corrected chi connectivity index (χ4v) is 0.378. The summed E-state index contributed by atoms with van der Waals surface area (Å²) < 4.78 is -0.341. The minimum atomic E-state index is -0.341. The normalized spacial score (nSPS) is 9.78. The van der Waals surface area contributed by atoms with Gasteiger partial charge in [-0.05, 0) is 13.8 Å². The van der Waals surface area contributed by atoms with Crippen LogP contribution in [0.2, 0.25) is 0 Å². The first-order chi connectivity index (χ1) is 3.48. The molecule has 0 aromatic carbocycles. The Morgan fingerprint density at radius 3 is 2.00 bits per heavy atom. The van der Waals surface area contributed by atoms with Crippen molar-refractivity contribution >= 4 is 28.4 Å². The van der Waals surface area contributed by atoms with Crippen molar-refractivity contribution < 1.29 is 24.3 Å². The summed E-state index contributed by atoms with van der Waals surface area (Å²) in [5.41, 5.74) is 4.98. The predicted octanol–water partition coefficient (Wildman–Crippen LogP) is 0.887. The van der Waals surface area contributed by atoms with Gasteiger partial charge in [-0.3, -0.25) is 6.54 Å². The number of nitrogens with two attached hydrogens (primary N) is 1. The maximum atomic E-state index is 10.6. The first kappa shape index (κ1) is 12.5. The fraction of sp³-hybridized carbons (Fsp3) is 0.600. The summed E-state index contributed by atoms with van der Waals surface area (Å²) in [4.78, 5) is 10.6. The third kappa shape index (κ3) is 5.31. The number of Topliss-reactive ketones (excluding diaryl/α,β-unsaturated/α-hetero) is 1. The van der Waals surface area contributed by atoms with Gasteiger partial charge in [-0.15, -0.1) is 0 Å². The molecule has 0 aromatic heterocycles. The summed E-state index contributed by atoms with van der Waals surface area (Å²) in [6.45, 7) is 4.74. The molecule has 0 spiro atoms. The topological polar surface area (TPSA) is 43.1 Å². The van der Waals surface area contributed by atoms with Gasteiger partial charge in [-0.25, -0.2) is 0 Å². The number of carbonyl (C=O) groups is 1. The molecule has 0 aromatic rings. The molecule has 4 heteroatoms. The number of hydrogen-bond acceptors (Lipinski definition) is 2. The van der Waals surface area contributed by atoms with Crippen LogP contribution >= 0.6 is 22.6 Å². The minimum absolute atomic E-state index is 0. The molecule has 2 N–H and O–H groups in total. The summed E-state index contributed by atoms with van der Waals surface area (Å²) in [5.74, 6) is -0.0295. The molecule has 0 aliphatic carbocycles. The molecule has 57 valence electrons. The second kappa shape index (κ2) is 4.64. The van der Waals surface area contributed by atoms with E-state index in [2.05, 4.69) is 0 Å². The van der Waals surface area contributed by atoms with Crippen LogP contribution in [-0.4, -0.2) is 9.20 Å². The Bertz CT molecular complexity index is 99.6. The van der Waals surface area contributed by atoms with Gasteiger partial charge in [0.15, 0.2) is 0 Å². The summed E-state index contributed by atoms with van der Waals surface area (Å²) in [6, 6.07) is 0. The van der Waals surface area contributed by atoms with Crippen molar-refractivity contribution in [3.05, 3.63) is 6.54 Å². The van der Waals surface area contributed by atoms with Gasteiger partial charge in [-0.2, -0.15) is 0 Å². The summed E-state index contributed by atoms with van der Waals surface area (Å²) >= 11 is 2.04. The molecule has 0 fully saturated rings. The van der Waals surface area contributed by atoms with Crippen LogP contribution in [0.4, 0.5) is 0 Å². The van der Waals surface area contributed by atoms with Gasteiger partial charge in [0.2, 0.25) is 0 Å². The zero-order valence-electron chi connectivity index (χ0n) is 5.27. The molecule has 0 aliphatic heterocycles. The van der Waals surface area contributed by atoms with Crippen LogP contribution in [0.1, 0.15) is 13.8 Å². The predicted molar refractivity (Wildman–Crippen MR) is 41.6 cm³/mol. The van der Waals surface area contributed by atoms with E-state index >= 15 is 0 Å². The monoisotopic (exact) mass is 329 g/mol. The number of alkyl halides is 1. The van der Waals surface area contributed by atoms with Crippen LogP contribution in [0.15, 0.2) is 0 Å². The molecule has 1 radical (unpaired) electrons. The van der Waals surface area contributed by atoms with Crippen molar-refractivity contribution in [3.63, 3.8) is 0 Å². The second-order valence-corrected chi connectivity index (χ2v) is 4.70. The molecule has 2 nitrogen and oxygen atoms in total. The third-order valence-electron chi connectivity index (χ3n) is 0.737. The number of ketones is 1. The first-order valence-electron chi connectivity index (χ1n) is 2.27. The fourth-order valence-electron chi connectivity index (χ4n) is 0.198. The zero-order chi connectivity index (χ0) is 6.78. The third-order valence-corrected chi connectivity index (χ3v) is 1.27. The van der Waals surface area contributed by atoms with Crippen molar-refractivity contribution in [1.29, 1.82) is 0 Å². The van der Waals surface area contributed by atoms with Gasteiger partial charge in [0.1, 0.15) is 0 Å². The molecule has 0 atom stereocenters. The van der Waals surface area contributed by atoms with Crippen molar-refractivity contribution in [2.75, 3.05) is 0 Å². The Kier molecular flexibility index (Phi) is 6.45. The Morgan fingerprint density at radius 2 is 2.00 bits per heavy atom. The summed E-state index contributed by atoms with van der Waals surface area (Å²) in [7, 11) is 0. The van der Waals surface area contributed by atoms with E-state index in [1.54, 1.807) is 0 Å². The number of rotatable bonds is 2. The SMILES string of the molecule is CC(C)(I)C(=O)[CH-]N.[Rh]. The Hall–Kier alpha value is 0.853. The number of carbonyl (C=O) groups excluding carboxylic acids is 1. The van der Waals surface area contributed by atoms with Gasteiger partial charge in [0, 0.05) is 28.7 Å². The van der Waals surface area contributed by atoms with E-state index < -0.39 is 0 Å². The molecule has 0 unspecified atom stereocenters. The van der Waals surface area contributed by atoms with Gasteiger partial charge < -0.3 is 10.5 Å². The van der Waals surface area contributed by atoms with E-state index in [0.717, 1.165) is 6.54 Å². The van der Waals surface area contributed by atoms with Gasteiger partial charge in [0.05, 0.1) is 0 Å². The van der Waals surface area contributed by atoms with Crippen LogP contribution < -0.4 is 5.73 Å². The van der Waals surface area contributed by atoms with Gasteiger partial charge in [0.25, 0.3) is 0 Å². The molecule has 0 saturated carbocycles. The first-order valence-corrected chi connectivity index (χ1v) is 3.34. The summed E-state index contributed by atoms with van der Waals surface area (Å²) in [6.07, 6.45) is 0. The smallest absolute Gasteiger partial charge is 0.0474 e. The van der Waals surface area contributed by atoms with E-state index in [1.165, 1.54) is 0 Å². The van der Waals surface area contributed by atoms with Crippen LogP contribution in [0.3, 0.4) is 0 Å². The Labute approximate surface area is 81.8 Å². The van der Waals surface area contributed by atoms with Crippen molar-refractivity contribution in [3.8, 4) is 0 Å². The molecule has 0 amide bonds. The van der Waals surface area contributed by atoms with E-state index in [0.29, 0.717) is 0 Å². The molecule has 0 saturated heterocycles. The van der Waals surface area contributed by atoms with Crippen LogP contribution in [0.5, 0.6) is 0 Å². The average Bonchev–Trinajstić information content (AvgIpc) is 1.62. The van der Waals surface area contributed by atoms with E-state index in [-0.39, 0.29) is 28.7 Å². The second-order valence-electron chi connectivity index (χ2n) is 2.00. The average molecular weight is 329 g/mol. The number of hydrogen-bond donors (Lipinski definition) is 1. The molecule has 0 rings (SSSR count). The molecular formula is C5H9INORh-. The molecule has 0 heterocycles. The number of halogens is 1. The van der Waals surface area contributed by atoms with Crippen LogP contribution in [0.25, 0.3) is 0 Å². The van der Waals surface area contributed by atoms with Crippen LogP contribution in [-0.2, 0) is 24.3 Å². The summed E-state index contributed by atoms with van der Waals surface area (Å²) in [5, 5.41) is 0. The van der Waals surface area contributed by atoms with Crippen molar-refractivity contribution in [2.24, 2.45) is 5.73 Å². The van der Waals surface area contributed by atoms with Crippen molar-refractivity contribution in [1.82, 2.24) is 0 Å². The van der Waals surface area contributed by atoms with E-state index in [4.69, 9.17) is 5.73 Å². The quantitative estimate of drug-likeness (QED) is 0.354. The molecule has 0 aliphatic rings. The Balaban J connectivity index is 0. The zero-order valence-corrected chi connectivity index (χ0v) is 9.07. The Morgan fingerprint density at radius 1 is 1.67 bits per heavy atom. The molecular weight excluding hydrogens is 320 g/mol. The van der Waals surface area contributed by atoms with Crippen molar-refractivity contribution in [2.45, 2.75) is 17.3 Å². The van der Waals surface area contributed by atoms with Crippen LogP contribution in [0, 0.1) is 6.54 Å². The van der Waals surface area contributed by atoms with Gasteiger partial charge >= 0.3 is 0 Å². The van der Waals surface area contributed by atoms with Gasteiger partial charge in [-0.1, -0.05) is 22.6 Å². The molecule has 0 bridgehead atoms.